The van der Waals surface area contributed by atoms with Crippen molar-refractivity contribution in [1.82, 2.24) is 19.4 Å². The van der Waals surface area contributed by atoms with Crippen LogP contribution in [0.3, 0.4) is 0 Å². The summed E-state index contributed by atoms with van der Waals surface area (Å²) in [5.74, 6) is -2.10. The number of ether oxygens (including phenoxy) is 1. The van der Waals surface area contributed by atoms with Crippen molar-refractivity contribution < 1.29 is 18.3 Å². The molecule has 11 heteroatoms. The molecule has 0 saturated carbocycles. The molecule has 2 saturated heterocycles. The topological polar surface area (TPSA) is 66.7 Å². The largest absolute Gasteiger partial charge is 0.444 e. The van der Waals surface area contributed by atoms with Gasteiger partial charge in [0.2, 0.25) is 0 Å². The molecular weight excluding hydrogens is 502 g/mol. The molecule has 2 aliphatic heterocycles. The van der Waals surface area contributed by atoms with Crippen LogP contribution < -0.4 is 9.80 Å². The molecule has 0 unspecified atom stereocenters. The molecule has 0 aliphatic carbocycles. The average Bonchev–Trinajstić information content (AvgIpc) is 3.38. The summed E-state index contributed by atoms with van der Waals surface area (Å²) in [4.78, 5) is 27.4. The number of halogens is 3. The highest BCUT2D eigenvalue weighted by Crippen LogP contribution is 2.41. The number of amides is 1. The summed E-state index contributed by atoms with van der Waals surface area (Å²) in [6.45, 7) is 8.84. The predicted octanol–water partition coefficient (Wildman–Crippen LogP) is 5.36. The minimum Gasteiger partial charge on any atom is -0.444 e. The van der Waals surface area contributed by atoms with Crippen LogP contribution >= 0.6 is 11.6 Å². The number of carbonyl (C=O) groups excluding carboxylic acids is 1. The minimum atomic E-state index is -2.76. The van der Waals surface area contributed by atoms with Crippen molar-refractivity contribution in [2.24, 2.45) is 0 Å². The summed E-state index contributed by atoms with van der Waals surface area (Å²) in [7, 11) is 0. The first kappa shape index (κ1) is 25.5. The van der Waals surface area contributed by atoms with Gasteiger partial charge in [-0.1, -0.05) is 17.7 Å². The number of fused-ring (bicyclic) bond motifs is 1. The van der Waals surface area contributed by atoms with Gasteiger partial charge in [0.15, 0.2) is 5.65 Å². The number of rotatable bonds is 3. The zero-order valence-electron chi connectivity index (χ0n) is 21.4. The van der Waals surface area contributed by atoms with Gasteiger partial charge in [-0.05, 0) is 45.9 Å². The maximum Gasteiger partial charge on any atom is 0.410 e. The van der Waals surface area contributed by atoms with Gasteiger partial charge in [0.1, 0.15) is 17.7 Å². The van der Waals surface area contributed by atoms with Crippen LogP contribution in [0, 0.1) is 0 Å². The second-order valence-electron chi connectivity index (χ2n) is 10.8. The fourth-order valence-electron chi connectivity index (χ4n) is 5.01. The Balaban J connectivity index is 1.55. The molecule has 0 N–H and O–H groups in total. The Morgan fingerprint density at radius 2 is 1.97 bits per heavy atom. The van der Waals surface area contributed by atoms with E-state index in [0.29, 0.717) is 47.2 Å². The number of hydrogen-bond acceptors (Lipinski definition) is 6. The van der Waals surface area contributed by atoms with Crippen LogP contribution in [0.25, 0.3) is 16.7 Å². The fourth-order valence-corrected chi connectivity index (χ4v) is 5.20. The third kappa shape index (κ3) is 5.16. The molecule has 4 heterocycles. The van der Waals surface area contributed by atoms with Crippen LogP contribution in [0.2, 0.25) is 5.02 Å². The Kier molecular flexibility index (Phi) is 6.42. The van der Waals surface area contributed by atoms with E-state index in [1.165, 1.54) is 6.33 Å². The van der Waals surface area contributed by atoms with E-state index in [4.69, 9.17) is 16.3 Å². The minimum absolute atomic E-state index is 0.0817. The quantitative estimate of drug-likeness (QED) is 0.452. The third-order valence-corrected chi connectivity index (χ3v) is 6.93. The van der Waals surface area contributed by atoms with Crippen molar-refractivity contribution in [3.05, 3.63) is 41.8 Å². The number of piperazine rings is 1. The fraction of sp³-hybridized carbons (Fsp3) is 0.500. The van der Waals surface area contributed by atoms with Gasteiger partial charge in [-0.25, -0.2) is 23.5 Å². The molecule has 1 atom stereocenters. The lowest BCUT2D eigenvalue weighted by atomic mass is 10.1. The van der Waals surface area contributed by atoms with E-state index < -0.39 is 11.5 Å². The zero-order chi connectivity index (χ0) is 26.5. The summed E-state index contributed by atoms with van der Waals surface area (Å²) >= 11 is 6.26. The molecule has 0 spiro atoms. The van der Waals surface area contributed by atoms with Crippen LogP contribution in [0.1, 0.15) is 34.1 Å². The van der Waals surface area contributed by atoms with Gasteiger partial charge in [0, 0.05) is 55.5 Å². The molecule has 2 aromatic heterocycles. The number of alkyl halides is 2. The predicted molar refractivity (Wildman–Crippen MR) is 140 cm³/mol. The maximum atomic E-state index is 14.3. The monoisotopic (exact) mass is 532 g/mol. The normalized spacial score (nSPS) is 20.1. The number of benzene rings is 1. The van der Waals surface area contributed by atoms with E-state index in [-0.39, 0.29) is 31.6 Å². The van der Waals surface area contributed by atoms with E-state index in [0.717, 1.165) is 5.69 Å². The first-order valence-electron chi connectivity index (χ1n) is 12.4. The number of hydrogen-bond donors (Lipinski definition) is 0. The van der Waals surface area contributed by atoms with Crippen LogP contribution in [-0.4, -0.2) is 75.8 Å². The van der Waals surface area contributed by atoms with Gasteiger partial charge >= 0.3 is 6.09 Å². The second kappa shape index (κ2) is 9.31. The molecule has 2 aliphatic rings. The van der Waals surface area contributed by atoms with E-state index in [1.807, 2.05) is 56.7 Å². The Morgan fingerprint density at radius 3 is 2.62 bits per heavy atom. The third-order valence-electron chi connectivity index (χ3n) is 6.69. The molecule has 0 bridgehead atoms. The van der Waals surface area contributed by atoms with Crippen molar-refractivity contribution >= 4 is 40.2 Å². The second-order valence-corrected chi connectivity index (χ2v) is 11.2. The van der Waals surface area contributed by atoms with Crippen LogP contribution in [0.4, 0.5) is 25.1 Å². The molecule has 37 heavy (non-hydrogen) atoms. The average molecular weight is 533 g/mol. The Labute approximate surface area is 219 Å². The summed E-state index contributed by atoms with van der Waals surface area (Å²) in [6, 6.07) is 7.25. The number of anilines is 2. The number of nitrogens with zero attached hydrogens (tertiary/aromatic N) is 6. The van der Waals surface area contributed by atoms with Gasteiger partial charge < -0.3 is 19.4 Å². The van der Waals surface area contributed by atoms with Crippen LogP contribution in [0.15, 0.2) is 36.8 Å². The van der Waals surface area contributed by atoms with Gasteiger partial charge in [-0.15, -0.1) is 0 Å². The lowest BCUT2D eigenvalue weighted by Gasteiger charge is -2.41. The van der Waals surface area contributed by atoms with E-state index in [2.05, 4.69) is 14.9 Å². The SMILES string of the molecule is C[C@H]1CN(C(=O)OC(C)(C)C)CCN1c1ncnc2c1c(N1CCC(F)(F)C1)cn2-c1cccc(Cl)c1. The van der Waals surface area contributed by atoms with Crippen molar-refractivity contribution in [1.29, 1.82) is 0 Å². The maximum absolute atomic E-state index is 14.3. The highest BCUT2D eigenvalue weighted by molar-refractivity contribution is 6.30. The number of carbonyl (C=O) groups is 1. The van der Waals surface area contributed by atoms with Crippen molar-refractivity contribution in [3.63, 3.8) is 0 Å². The smallest absolute Gasteiger partial charge is 0.410 e. The molecule has 0 radical (unpaired) electrons. The van der Waals surface area contributed by atoms with E-state index in [9.17, 15) is 13.6 Å². The molecule has 198 valence electrons. The van der Waals surface area contributed by atoms with E-state index in [1.54, 1.807) is 15.9 Å². The number of aromatic nitrogens is 3. The summed E-state index contributed by atoms with van der Waals surface area (Å²) in [6.07, 6.45) is 2.79. The Bertz CT molecular complexity index is 1320. The molecule has 3 aromatic rings. The summed E-state index contributed by atoms with van der Waals surface area (Å²) in [5.41, 5.74) is 1.47. The lowest BCUT2D eigenvalue weighted by Crippen LogP contribution is -2.54. The molecule has 5 rings (SSSR count). The molecular formula is C26H31ClF2N6O2. The molecule has 2 fully saturated rings. The summed E-state index contributed by atoms with van der Waals surface area (Å²) in [5, 5.41) is 1.27. The van der Waals surface area contributed by atoms with E-state index >= 15 is 0 Å². The highest BCUT2D eigenvalue weighted by Gasteiger charge is 2.40. The van der Waals surface area contributed by atoms with Gasteiger partial charge in [0.05, 0.1) is 17.6 Å². The summed E-state index contributed by atoms with van der Waals surface area (Å²) < 4.78 is 35.9. The van der Waals surface area contributed by atoms with Crippen LogP contribution in [-0.2, 0) is 4.74 Å². The lowest BCUT2D eigenvalue weighted by molar-refractivity contribution is 0.0217. The Morgan fingerprint density at radius 1 is 1.19 bits per heavy atom. The Hall–Kier alpha value is -3.14. The standard InChI is InChI=1S/C26H31ClF2N6O2/c1-17-13-32(24(36)37-25(2,3)4)10-11-34(17)22-21-20(33-9-8-26(28,29)15-33)14-35(23(21)31-16-30-22)19-7-5-6-18(27)12-19/h5-7,12,14,16-17H,8-11,13,15H2,1-4H3/t17-/m0/s1. The van der Waals surface area contributed by atoms with Crippen molar-refractivity contribution in [2.45, 2.75) is 51.7 Å². The van der Waals surface area contributed by atoms with Gasteiger partial charge in [-0.2, -0.15) is 0 Å². The first-order chi connectivity index (χ1) is 17.4. The van der Waals surface area contributed by atoms with Crippen molar-refractivity contribution in [2.75, 3.05) is 42.5 Å². The van der Waals surface area contributed by atoms with Crippen LogP contribution in [0.5, 0.6) is 0 Å². The van der Waals surface area contributed by atoms with Crippen molar-refractivity contribution in [3.8, 4) is 5.69 Å². The highest BCUT2D eigenvalue weighted by atomic mass is 35.5. The first-order valence-corrected chi connectivity index (χ1v) is 12.8. The molecule has 1 amide bonds. The molecule has 8 nitrogen and oxygen atoms in total. The van der Waals surface area contributed by atoms with Gasteiger partial charge in [0.25, 0.3) is 5.92 Å². The zero-order valence-corrected chi connectivity index (χ0v) is 22.2. The molecule has 1 aromatic carbocycles. The van der Waals surface area contributed by atoms with Gasteiger partial charge in [-0.3, -0.25) is 4.57 Å².